The van der Waals surface area contributed by atoms with Crippen molar-refractivity contribution >= 4 is 50.4 Å². The summed E-state index contributed by atoms with van der Waals surface area (Å²) < 4.78 is 9.00. The number of aromatic nitrogens is 1. The van der Waals surface area contributed by atoms with E-state index in [4.69, 9.17) is 9.73 Å². The van der Waals surface area contributed by atoms with Gasteiger partial charge in [0.15, 0.2) is 4.80 Å². The molecule has 2 aromatic heterocycles. The summed E-state index contributed by atoms with van der Waals surface area (Å²) in [7, 11) is 1.64. The Morgan fingerprint density at radius 2 is 2.03 bits per heavy atom. The Morgan fingerprint density at radius 1 is 1.15 bits per heavy atom. The number of aryl methyl sites for hydroxylation is 1. The van der Waals surface area contributed by atoms with Crippen molar-refractivity contribution in [2.75, 3.05) is 7.11 Å². The largest absolute Gasteiger partial charge is 0.496 e. The van der Waals surface area contributed by atoms with Gasteiger partial charge in [-0.05, 0) is 59.7 Å². The Labute approximate surface area is 207 Å². The molecule has 0 amide bonds. The van der Waals surface area contributed by atoms with Crippen molar-refractivity contribution in [1.82, 2.24) is 4.57 Å². The van der Waals surface area contributed by atoms with Crippen LogP contribution in [-0.4, -0.2) is 11.7 Å². The van der Waals surface area contributed by atoms with E-state index < -0.39 is 0 Å². The maximum atomic E-state index is 13.7. The van der Waals surface area contributed by atoms with Crippen LogP contribution in [0.1, 0.15) is 34.0 Å². The summed E-state index contributed by atoms with van der Waals surface area (Å²) in [5, 5.41) is 2.08. The lowest BCUT2D eigenvalue weighted by Crippen LogP contribution is -2.38. The van der Waals surface area contributed by atoms with Crippen molar-refractivity contribution < 1.29 is 4.74 Å². The summed E-state index contributed by atoms with van der Waals surface area (Å²) in [6, 6.07) is 18.4. The molecule has 33 heavy (non-hydrogen) atoms. The van der Waals surface area contributed by atoms with Crippen LogP contribution in [0.2, 0.25) is 0 Å². The zero-order chi connectivity index (χ0) is 22.5. The van der Waals surface area contributed by atoms with Gasteiger partial charge >= 0.3 is 0 Å². The number of halogens is 1. The van der Waals surface area contributed by atoms with Gasteiger partial charge in [-0.15, -0.1) is 11.3 Å². The Bertz CT molecular complexity index is 1600. The van der Waals surface area contributed by atoms with Gasteiger partial charge in [-0.2, -0.15) is 0 Å². The second-order valence-electron chi connectivity index (χ2n) is 8.02. The molecule has 7 heteroatoms. The fraction of sp³-hybridized carbons (Fsp3) is 0.154. The van der Waals surface area contributed by atoms with Crippen LogP contribution in [0.15, 0.2) is 79.8 Å². The van der Waals surface area contributed by atoms with Crippen molar-refractivity contribution in [2.45, 2.75) is 18.9 Å². The predicted molar refractivity (Wildman–Crippen MR) is 138 cm³/mol. The van der Waals surface area contributed by atoms with E-state index in [1.165, 1.54) is 32.9 Å². The Kier molecular flexibility index (Phi) is 5.20. The molecule has 0 saturated carbocycles. The third-order valence-corrected chi connectivity index (χ3v) is 8.56. The molecule has 0 N–H and O–H groups in total. The molecule has 2 aromatic carbocycles. The van der Waals surface area contributed by atoms with Crippen molar-refractivity contribution in [3.63, 3.8) is 0 Å². The molecule has 1 aliphatic heterocycles. The topological polar surface area (TPSA) is 43.6 Å². The zero-order valence-corrected chi connectivity index (χ0v) is 21.0. The molecule has 0 spiro atoms. The number of allylic oxidation sites excluding steroid dienone is 1. The number of benzene rings is 2. The summed E-state index contributed by atoms with van der Waals surface area (Å²) in [4.78, 5) is 20.7. The number of hydrogen-bond donors (Lipinski definition) is 0. The molecule has 2 aliphatic rings. The maximum Gasteiger partial charge on any atom is 0.271 e. The van der Waals surface area contributed by atoms with Gasteiger partial charge in [-0.3, -0.25) is 9.36 Å². The molecule has 0 bridgehead atoms. The first-order chi connectivity index (χ1) is 16.1. The van der Waals surface area contributed by atoms with Crippen LogP contribution in [0.4, 0.5) is 0 Å². The average molecular weight is 535 g/mol. The third-order valence-electron chi connectivity index (χ3n) is 6.16. The molecule has 6 rings (SSSR count). The van der Waals surface area contributed by atoms with Crippen LogP contribution < -0.4 is 19.6 Å². The van der Waals surface area contributed by atoms with Crippen LogP contribution in [0.25, 0.3) is 11.8 Å². The van der Waals surface area contributed by atoms with Crippen LogP contribution >= 0.6 is 38.6 Å². The molecule has 0 radical (unpaired) electrons. The van der Waals surface area contributed by atoms with Gasteiger partial charge in [0.2, 0.25) is 0 Å². The number of ether oxygens (including phenoxy) is 1. The number of thiophene rings is 1. The molecule has 1 aliphatic carbocycles. The summed E-state index contributed by atoms with van der Waals surface area (Å²) >= 11 is 6.66. The van der Waals surface area contributed by atoms with Gasteiger partial charge in [-0.1, -0.05) is 57.6 Å². The van der Waals surface area contributed by atoms with Gasteiger partial charge in [0, 0.05) is 20.5 Å². The van der Waals surface area contributed by atoms with Gasteiger partial charge in [0.25, 0.3) is 5.56 Å². The molecule has 4 aromatic rings. The molecule has 0 fully saturated rings. The monoisotopic (exact) mass is 534 g/mol. The SMILES string of the molecule is COc1ccc(Br)cc1/C=c1\sc2n(c1=O)[C@H](c1cccs1)C1=C(N=2)c2ccccc2CC1. The van der Waals surface area contributed by atoms with Gasteiger partial charge < -0.3 is 4.74 Å². The number of methoxy groups -OCH3 is 1. The van der Waals surface area contributed by atoms with Crippen LogP contribution in [0, 0.1) is 0 Å². The van der Waals surface area contributed by atoms with Crippen molar-refractivity contribution in [3.8, 4) is 5.75 Å². The fourth-order valence-corrected chi connectivity index (χ4v) is 6.90. The standard InChI is InChI=1S/C26H19BrN2O2S2/c1-31-20-11-9-17(27)13-16(20)14-22-25(30)29-24(21-7-4-12-32-21)19-10-8-15-5-2-3-6-18(15)23(19)28-26(29)33-22/h2-7,9,11-14,24H,8,10H2,1H3/b22-14-/t24-/m0/s1. The number of fused-ring (bicyclic) bond motifs is 3. The quantitative estimate of drug-likeness (QED) is 0.364. The van der Waals surface area contributed by atoms with E-state index in [2.05, 4.69) is 57.7 Å². The molecule has 0 saturated heterocycles. The molecule has 0 unspecified atom stereocenters. The molecular weight excluding hydrogens is 516 g/mol. The van der Waals surface area contributed by atoms with E-state index in [1.807, 2.05) is 28.8 Å². The molecule has 164 valence electrons. The minimum Gasteiger partial charge on any atom is -0.496 e. The predicted octanol–water partition coefficient (Wildman–Crippen LogP) is 5.15. The fourth-order valence-electron chi connectivity index (χ4n) is 4.68. The van der Waals surface area contributed by atoms with Crippen molar-refractivity contribution in [1.29, 1.82) is 0 Å². The van der Waals surface area contributed by atoms with E-state index in [9.17, 15) is 4.79 Å². The molecule has 1 atom stereocenters. The lowest BCUT2D eigenvalue weighted by atomic mass is 9.85. The Hall–Kier alpha value is -2.74. The normalized spacial score (nSPS) is 17.3. The van der Waals surface area contributed by atoms with Crippen LogP contribution in [-0.2, 0) is 6.42 Å². The van der Waals surface area contributed by atoms with Gasteiger partial charge in [0.05, 0.1) is 23.4 Å². The van der Waals surface area contributed by atoms with Crippen LogP contribution in [0.3, 0.4) is 0 Å². The van der Waals surface area contributed by atoms with E-state index in [0.717, 1.165) is 39.1 Å². The van der Waals surface area contributed by atoms with Gasteiger partial charge in [0.1, 0.15) is 5.75 Å². The lowest BCUT2D eigenvalue weighted by molar-refractivity contribution is 0.413. The second-order valence-corrected chi connectivity index (χ2v) is 10.9. The van der Waals surface area contributed by atoms with Crippen LogP contribution in [0.5, 0.6) is 5.75 Å². The first kappa shape index (κ1) is 20.8. The number of hydrogen-bond acceptors (Lipinski definition) is 5. The number of nitrogens with zero attached hydrogens (tertiary/aromatic N) is 2. The second kappa shape index (κ2) is 8.24. The third kappa shape index (κ3) is 3.46. The lowest BCUT2D eigenvalue weighted by Gasteiger charge is -2.30. The smallest absolute Gasteiger partial charge is 0.271 e. The summed E-state index contributed by atoms with van der Waals surface area (Å²) in [5.41, 5.74) is 5.62. The highest BCUT2D eigenvalue weighted by Gasteiger charge is 2.33. The first-order valence-electron chi connectivity index (χ1n) is 10.6. The van der Waals surface area contributed by atoms with E-state index in [-0.39, 0.29) is 11.6 Å². The van der Waals surface area contributed by atoms with Gasteiger partial charge in [-0.25, -0.2) is 4.99 Å². The molecule has 3 heterocycles. The average Bonchev–Trinajstić information content (AvgIpc) is 3.47. The highest BCUT2D eigenvalue weighted by Crippen LogP contribution is 2.42. The highest BCUT2D eigenvalue weighted by atomic mass is 79.9. The Morgan fingerprint density at radius 3 is 2.85 bits per heavy atom. The number of thiazole rings is 1. The minimum atomic E-state index is -0.115. The first-order valence-corrected chi connectivity index (χ1v) is 13.1. The molecular formula is C26H19BrN2O2S2. The van der Waals surface area contributed by atoms with Crippen molar-refractivity contribution in [3.05, 3.63) is 111 Å². The van der Waals surface area contributed by atoms with E-state index in [0.29, 0.717) is 4.53 Å². The number of rotatable bonds is 3. The summed E-state index contributed by atoms with van der Waals surface area (Å²) in [5.74, 6) is 0.729. The van der Waals surface area contributed by atoms with Crippen molar-refractivity contribution in [2.24, 2.45) is 4.99 Å². The highest BCUT2D eigenvalue weighted by molar-refractivity contribution is 9.10. The Balaban J connectivity index is 1.62. The van der Waals surface area contributed by atoms with E-state index in [1.54, 1.807) is 18.4 Å². The summed E-state index contributed by atoms with van der Waals surface area (Å²) in [6.45, 7) is 0. The zero-order valence-electron chi connectivity index (χ0n) is 17.7. The maximum absolute atomic E-state index is 13.7. The minimum absolute atomic E-state index is 0.00964. The van der Waals surface area contributed by atoms with E-state index >= 15 is 0 Å². The molecule has 4 nitrogen and oxygen atoms in total. The summed E-state index contributed by atoms with van der Waals surface area (Å²) in [6.07, 6.45) is 3.78.